The molecule has 0 unspecified atom stereocenters. The highest BCUT2D eigenvalue weighted by molar-refractivity contribution is 5.74. The van der Waals surface area contributed by atoms with Gasteiger partial charge in [-0.15, -0.1) is 0 Å². The molecule has 3 rings (SSSR count). The van der Waals surface area contributed by atoms with Gasteiger partial charge in [-0.3, -0.25) is 4.79 Å². The fourth-order valence-corrected chi connectivity index (χ4v) is 2.52. The van der Waals surface area contributed by atoms with Crippen molar-refractivity contribution < 1.29 is 14.3 Å². The second kappa shape index (κ2) is 6.68. The molecule has 0 bridgehead atoms. The van der Waals surface area contributed by atoms with Gasteiger partial charge in [0.1, 0.15) is 11.5 Å². The molecule has 1 heterocycles. The van der Waals surface area contributed by atoms with Crippen LogP contribution in [0.25, 0.3) is 5.69 Å². The number of benzene rings is 2. The number of hydrogen-bond donors (Lipinski definition) is 0. The van der Waals surface area contributed by atoms with Crippen LogP contribution in [0.4, 0.5) is 4.79 Å². The summed E-state index contributed by atoms with van der Waals surface area (Å²) in [5.74, 6) is 1.03. The Balaban J connectivity index is 2.02. The Bertz CT molecular complexity index is 954. The van der Waals surface area contributed by atoms with Gasteiger partial charge in [-0.25, -0.2) is 9.48 Å². The maximum absolute atomic E-state index is 12.7. The molecule has 1 aromatic heterocycles. The lowest BCUT2D eigenvalue weighted by Gasteiger charge is -2.12. The van der Waals surface area contributed by atoms with Gasteiger partial charge in [0.25, 0.3) is 5.56 Å². The minimum atomic E-state index is -0.656. The summed E-state index contributed by atoms with van der Waals surface area (Å²) < 4.78 is 13.1. The Labute approximate surface area is 144 Å². The summed E-state index contributed by atoms with van der Waals surface area (Å²) >= 11 is 0. The normalized spacial score (nSPS) is 10.5. The standard InChI is InChI=1S/C19H18N2O4/c1-13-14(2)20(21(18(13)22)15-7-5-4-6-8-15)19(23)25-17-11-9-16(24-3)10-12-17/h4-12H,1-3H3. The van der Waals surface area contributed by atoms with Gasteiger partial charge in [-0.1, -0.05) is 18.2 Å². The molecular weight excluding hydrogens is 320 g/mol. The summed E-state index contributed by atoms with van der Waals surface area (Å²) in [5.41, 5.74) is 1.37. The molecule has 0 N–H and O–H groups in total. The van der Waals surface area contributed by atoms with Crippen LogP contribution in [0.1, 0.15) is 11.3 Å². The number of carbonyl (C=O) groups is 1. The zero-order valence-electron chi connectivity index (χ0n) is 14.2. The van der Waals surface area contributed by atoms with Crippen molar-refractivity contribution in [2.75, 3.05) is 7.11 Å². The van der Waals surface area contributed by atoms with Crippen LogP contribution in [0, 0.1) is 13.8 Å². The van der Waals surface area contributed by atoms with E-state index in [-0.39, 0.29) is 5.56 Å². The lowest BCUT2D eigenvalue weighted by molar-refractivity contribution is 0.195. The number of methoxy groups -OCH3 is 1. The van der Waals surface area contributed by atoms with Gasteiger partial charge in [0.05, 0.1) is 18.5 Å². The van der Waals surface area contributed by atoms with E-state index in [1.165, 1.54) is 9.36 Å². The van der Waals surface area contributed by atoms with Crippen LogP contribution < -0.4 is 15.0 Å². The van der Waals surface area contributed by atoms with E-state index in [2.05, 4.69) is 0 Å². The predicted octanol–water partition coefficient (Wildman–Crippen LogP) is 3.31. The third-order valence-corrected chi connectivity index (χ3v) is 4.01. The van der Waals surface area contributed by atoms with Crippen molar-refractivity contribution >= 4 is 6.09 Å². The van der Waals surface area contributed by atoms with Gasteiger partial charge in [0, 0.05) is 5.56 Å². The van der Waals surface area contributed by atoms with Crippen LogP contribution >= 0.6 is 0 Å². The summed E-state index contributed by atoms with van der Waals surface area (Å²) in [5, 5.41) is 0. The topological polar surface area (TPSA) is 62.5 Å². The fraction of sp³-hybridized carbons (Fsp3) is 0.158. The molecule has 6 heteroatoms. The average Bonchev–Trinajstić information content (AvgIpc) is 2.87. The smallest absolute Gasteiger partial charge is 0.439 e. The van der Waals surface area contributed by atoms with Gasteiger partial charge in [0.2, 0.25) is 0 Å². The number of ether oxygens (including phenoxy) is 2. The van der Waals surface area contributed by atoms with Crippen LogP contribution in [-0.2, 0) is 0 Å². The molecule has 128 valence electrons. The number of rotatable bonds is 3. The van der Waals surface area contributed by atoms with Crippen molar-refractivity contribution in [1.29, 1.82) is 0 Å². The lowest BCUT2D eigenvalue weighted by Crippen LogP contribution is -2.29. The molecule has 25 heavy (non-hydrogen) atoms. The highest BCUT2D eigenvalue weighted by atomic mass is 16.6. The number of hydrogen-bond acceptors (Lipinski definition) is 4. The molecule has 0 atom stereocenters. The van der Waals surface area contributed by atoms with E-state index < -0.39 is 6.09 Å². The highest BCUT2D eigenvalue weighted by Gasteiger charge is 2.21. The van der Waals surface area contributed by atoms with E-state index in [0.29, 0.717) is 28.4 Å². The van der Waals surface area contributed by atoms with E-state index in [9.17, 15) is 9.59 Å². The Kier molecular flexibility index (Phi) is 4.43. The SMILES string of the molecule is COc1ccc(OC(=O)n2c(C)c(C)c(=O)n2-c2ccccc2)cc1. The predicted molar refractivity (Wildman–Crippen MR) is 93.9 cm³/mol. The molecule has 0 amide bonds. The molecule has 2 aromatic carbocycles. The second-order valence-electron chi connectivity index (χ2n) is 5.52. The quantitative estimate of drug-likeness (QED) is 0.735. The summed E-state index contributed by atoms with van der Waals surface area (Å²) in [6, 6.07) is 15.6. The molecule has 0 saturated heterocycles. The van der Waals surface area contributed by atoms with Crippen molar-refractivity contribution in [3.05, 3.63) is 76.2 Å². The molecule has 3 aromatic rings. The lowest BCUT2D eigenvalue weighted by atomic mass is 10.3. The number of nitrogens with zero attached hydrogens (tertiary/aromatic N) is 2. The zero-order valence-corrected chi connectivity index (χ0v) is 14.2. The second-order valence-corrected chi connectivity index (χ2v) is 5.52. The number of carbonyl (C=O) groups excluding carboxylic acids is 1. The molecule has 6 nitrogen and oxygen atoms in total. The first-order valence-electron chi connectivity index (χ1n) is 7.76. The van der Waals surface area contributed by atoms with Crippen molar-refractivity contribution in [1.82, 2.24) is 9.36 Å². The van der Waals surface area contributed by atoms with E-state index in [1.54, 1.807) is 69.5 Å². The Morgan fingerprint density at radius 1 is 0.920 bits per heavy atom. The Morgan fingerprint density at radius 2 is 1.52 bits per heavy atom. The molecule has 0 saturated carbocycles. The summed E-state index contributed by atoms with van der Waals surface area (Å²) in [7, 11) is 1.56. The first kappa shape index (κ1) is 16.6. The van der Waals surface area contributed by atoms with Crippen LogP contribution in [0.3, 0.4) is 0 Å². The van der Waals surface area contributed by atoms with Gasteiger partial charge in [0.15, 0.2) is 0 Å². The zero-order chi connectivity index (χ0) is 18.0. The van der Waals surface area contributed by atoms with Crippen molar-refractivity contribution in [3.63, 3.8) is 0 Å². The third-order valence-electron chi connectivity index (χ3n) is 4.01. The van der Waals surface area contributed by atoms with Crippen molar-refractivity contribution in [2.45, 2.75) is 13.8 Å². The first-order chi connectivity index (χ1) is 12.0. The molecule has 0 aliphatic rings. The van der Waals surface area contributed by atoms with Gasteiger partial charge in [-0.05, 0) is 50.2 Å². The summed E-state index contributed by atoms with van der Waals surface area (Å²) in [4.78, 5) is 25.3. The molecule has 0 fully saturated rings. The first-order valence-corrected chi connectivity index (χ1v) is 7.76. The van der Waals surface area contributed by atoms with Gasteiger partial charge in [-0.2, -0.15) is 4.68 Å². The Hall–Kier alpha value is -3.28. The molecular formula is C19H18N2O4. The van der Waals surface area contributed by atoms with Crippen LogP contribution in [0.15, 0.2) is 59.4 Å². The third kappa shape index (κ3) is 3.06. The van der Waals surface area contributed by atoms with Gasteiger partial charge < -0.3 is 9.47 Å². The van der Waals surface area contributed by atoms with E-state index >= 15 is 0 Å². The van der Waals surface area contributed by atoms with E-state index in [1.807, 2.05) is 6.07 Å². The minimum Gasteiger partial charge on any atom is -0.497 e. The minimum absolute atomic E-state index is 0.254. The van der Waals surface area contributed by atoms with E-state index in [4.69, 9.17) is 9.47 Å². The van der Waals surface area contributed by atoms with Crippen molar-refractivity contribution in [2.24, 2.45) is 0 Å². The molecule has 0 aliphatic carbocycles. The number of aromatic nitrogens is 2. The fourth-order valence-electron chi connectivity index (χ4n) is 2.52. The largest absolute Gasteiger partial charge is 0.497 e. The van der Waals surface area contributed by atoms with E-state index in [0.717, 1.165) is 0 Å². The molecule has 0 spiro atoms. The molecule has 0 aliphatic heterocycles. The average molecular weight is 338 g/mol. The van der Waals surface area contributed by atoms with Crippen molar-refractivity contribution in [3.8, 4) is 17.2 Å². The summed E-state index contributed by atoms with van der Waals surface area (Å²) in [6.45, 7) is 3.40. The van der Waals surface area contributed by atoms with Gasteiger partial charge >= 0.3 is 6.09 Å². The monoisotopic (exact) mass is 338 g/mol. The maximum atomic E-state index is 12.7. The molecule has 0 radical (unpaired) electrons. The Morgan fingerprint density at radius 3 is 2.12 bits per heavy atom. The van der Waals surface area contributed by atoms with Crippen LogP contribution in [-0.4, -0.2) is 22.6 Å². The van der Waals surface area contributed by atoms with Crippen LogP contribution in [0.5, 0.6) is 11.5 Å². The maximum Gasteiger partial charge on any atom is 0.439 e. The highest BCUT2D eigenvalue weighted by Crippen LogP contribution is 2.18. The number of para-hydroxylation sites is 1. The van der Waals surface area contributed by atoms with Crippen LogP contribution in [0.2, 0.25) is 0 Å². The summed E-state index contributed by atoms with van der Waals surface area (Å²) in [6.07, 6.45) is -0.656.